The molecule has 0 radical (unpaired) electrons. The van der Waals surface area contributed by atoms with E-state index in [0.717, 1.165) is 31.4 Å². The fourth-order valence-corrected chi connectivity index (χ4v) is 2.63. The lowest BCUT2D eigenvalue weighted by molar-refractivity contribution is -0.123. The van der Waals surface area contributed by atoms with Crippen LogP contribution in [0.1, 0.15) is 24.8 Å². The highest BCUT2D eigenvalue weighted by atomic mass is 16.5. The fourth-order valence-electron chi connectivity index (χ4n) is 2.63. The first-order valence-electron chi connectivity index (χ1n) is 7.49. The van der Waals surface area contributed by atoms with E-state index in [1.165, 1.54) is 0 Å². The van der Waals surface area contributed by atoms with Gasteiger partial charge in [0.05, 0.1) is 39.5 Å². The van der Waals surface area contributed by atoms with Crippen LogP contribution in [0.4, 0.5) is 0 Å². The predicted octanol–water partition coefficient (Wildman–Crippen LogP) is 1.47. The molecule has 22 heavy (non-hydrogen) atoms. The molecule has 1 heterocycles. The molecule has 1 aliphatic heterocycles. The van der Waals surface area contributed by atoms with Gasteiger partial charge >= 0.3 is 0 Å². The van der Waals surface area contributed by atoms with Crippen molar-refractivity contribution in [2.45, 2.75) is 31.8 Å². The third-order valence-electron chi connectivity index (χ3n) is 3.88. The van der Waals surface area contributed by atoms with Gasteiger partial charge in [0.15, 0.2) is 0 Å². The average Bonchev–Trinajstić information content (AvgIpc) is 2.59. The van der Waals surface area contributed by atoms with Gasteiger partial charge in [-0.05, 0) is 19.4 Å². The standard InChI is InChI=1S/C16H24N2O4/c1-20-11-8-14(21-2)12(15(9-11)22-3)10-18-16(19)13-6-4-5-7-17-13/h8-9,13,17H,4-7,10H2,1-3H3,(H,18,19). The van der Waals surface area contributed by atoms with E-state index in [-0.39, 0.29) is 11.9 Å². The molecular formula is C16H24N2O4. The molecule has 0 spiro atoms. The van der Waals surface area contributed by atoms with Crippen LogP contribution in [0.25, 0.3) is 0 Å². The molecule has 1 amide bonds. The number of amides is 1. The first kappa shape index (κ1) is 16.4. The topological polar surface area (TPSA) is 68.8 Å². The summed E-state index contributed by atoms with van der Waals surface area (Å²) in [6.45, 7) is 1.25. The number of benzene rings is 1. The molecule has 6 nitrogen and oxygen atoms in total. The summed E-state index contributed by atoms with van der Waals surface area (Å²) in [4.78, 5) is 12.2. The Morgan fingerprint density at radius 1 is 1.18 bits per heavy atom. The highest BCUT2D eigenvalue weighted by molar-refractivity contribution is 5.82. The Labute approximate surface area is 131 Å². The monoisotopic (exact) mass is 308 g/mol. The fraction of sp³-hybridized carbons (Fsp3) is 0.562. The molecule has 1 saturated heterocycles. The molecule has 1 fully saturated rings. The largest absolute Gasteiger partial charge is 0.496 e. The van der Waals surface area contributed by atoms with Crippen molar-refractivity contribution in [3.05, 3.63) is 17.7 Å². The van der Waals surface area contributed by atoms with Gasteiger partial charge in [0, 0.05) is 12.1 Å². The van der Waals surface area contributed by atoms with Crippen molar-refractivity contribution >= 4 is 5.91 Å². The summed E-state index contributed by atoms with van der Waals surface area (Å²) in [6.07, 6.45) is 3.09. The maximum atomic E-state index is 12.2. The van der Waals surface area contributed by atoms with E-state index in [1.807, 2.05) is 0 Å². The summed E-state index contributed by atoms with van der Waals surface area (Å²) in [5.74, 6) is 1.93. The van der Waals surface area contributed by atoms with Gasteiger partial charge in [-0.25, -0.2) is 0 Å². The Bertz CT molecular complexity index is 488. The average molecular weight is 308 g/mol. The van der Waals surface area contributed by atoms with Crippen molar-refractivity contribution in [3.63, 3.8) is 0 Å². The number of carbonyl (C=O) groups excluding carboxylic acids is 1. The highest BCUT2D eigenvalue weighted by Gasteiger charge is 2.21. The van der Waals surface area contributed by atoms with Crippen LogP contribution >= 0.6 is 0 Å². The van der Waals surface area contributed by atoms with E-state index in [4.69, 9.17) is 14.2 Å². The molecule has 1 atom stereocenters. The highest BCUT2D eigenvalue weighted by Crippen LogP contribution is 2.33. The van der Waals surface area contributed by atoms with Crippen molar-refractivity contribution in [3.8, 4) is 17.2 Å². The molecule has 0 bridgehead atoms. The van der Waals surface area contributed by atoms with Crippen LogP contribution in [0.3, 0.4) is 0 Å². The quantitative estimate of drug-likeness (QED) is 0.833. The van der Waals surface area contributed by atoms with Gasteiger partial charge < -0.3 is 24.8 Å². The van der Waals surface area contributed by atoms with Crippen LogP contribution < -0.4 is 24.8 Å². The lowest BCUT2D eigenvalue weighted by Gasteiger charge is -2.23. The van der Waals surface area contributed by atoms with Crippen molar-refractivity contribution in [1.82, 2.24) is 10.6 Å². The van der Waals surface area contributed by atoms with Crippen molar-refractivity contribution in [1.29, 1.82) is 0 Å². The van der Waals surface area contributed by atoms with Crippen LogP contribution in [0.2, 0.25) is 0 Å². The summed E-state index contributed by atoms with van der Waals surface area (Å²) in [6, 6.07) is 3.45. The molecular weight excluding hydrogens is 284 g/mol. The number of methoxy groups -OCH3 is 3. The second-order valence-electron chi connectivity index (χ2n) is 5.23. The normalized spacial score (nSPS) is 17.7. The van der Waals surface area contributed by atoms with Gasteiger partial charge in [-0.1, -0.05) is 6.42 Å². The molecule has 0 saturated carbocycles. The van der Waals surface area contributed by atoms with E-state index in [1.54, 1.807) is 33.5 Å². The van der Waals surface area contributed by atoms with Crippen LogP contribution in [0.5, 0.6) is 17.2 Å². The minimum atomic E-state index is -0.107. The zero-order valence-corrected chi connectivity index (χ0v) is 13.4. The van der Waals surface area contributed by atoms with Crippen LogP contribution in [0, 0.1) is 0 Å². The second-order valence-corrected chi connectivity index (χ2v) is 5.23. The summed E-state index contributed by atoms with van der Waals surface area (Å²) in [7, 11) is 4.76. The zero-order chi connectivity index (χ0) is 15.9. The number of ether oxygens (including phenoxy) is 3. The van der Waals surface area contributed by atoms with E-state index in [2.05, 4.69) is 10.6 Å². The number of nitrogens with one attached hydrogen (secondary N) is 2. The minimum absolute atomic E-state index is 0.0135. The predicted molar refractivity (Wildman–Crippen MR) is 83.6 cm³/mol. The van der Waals surface area contributed by atoms with Gasteiger partial charge in [-0.3, -0.25) is 4.79 Å². The van der Waals surface area contributed by atoms with Gasteiger partial charge in [0.2, 0.25) is 5.91 Å². The minimum Gasteiger partial charge on any atom is -0.496 e. The lowest BCUT2D eigenvalue weighted by Crippen LogP contribution is -2.46. The Morgan fingerprint density at radius 3 is 2.36 bits per heavy atom. The van der Waals surface area contributed by atoms with Gasteiger partial charge in [0.25, 0.3) is 0 Å². The second kappa shape index (κ2) is 7.89. The Morgan fingerprint density at radius 2 is 1.86 bits per heavy atom. The summed E-state index contributed by atoms with van der Waals surface area (Å²) >= 11 is 0. The van der Waals surface area contributed by atoms with E-state index in [0.29, 0.717) is 23.8 Å². The SMILES string of the molecule is COc1cc(OC)c(CNC(=O)C2CCCCN2)c(OC)c1. The smallest absolute Gasteiger partial charge is 0.237 e. The van der Waals surface area contributed by atoms with Crippen molar-refractivity contribution < 1.29 is 19.0 Å². The third-order valence-corrected chi connectivity index (χ3v) is 3.88. The summed E-state index contributed by atoms with van der Waals surface area (Å²) in [5, 5.41) is 6.19. The molecule has 1 unspecified atom stereocenters. The first-order chi connectivity index (χ1) is 10.7. The molecule has 1 aliphatic rings. The molecule has 2 rings (SSSR count). The van der Waals surface area contributed by atoms with Crippen LogP contribution in [-0.2, 0) is 11.3 Å². The Hall–Kier alpha value is -1.95. The number of hydrogen-bond donors (Lipinski definition) is 2. The molecule has 0 aliphatic carbocycles. The Kier molecular flexibility index (Phi) is 5.89. The summed E-state index contributed by atoms with van der Waals surface area (Å²) < 4.78 is 16.0. The van der Waals surface area contributed by atoms with Gasteiger partial charge in [0.1, 0.15) is 17.2 Å². The molecule has 2 N–H and O–H groups in total. The number of piperidine rings is 1. The molecule has 6 heteroatoms. The van der Waals surface area contributed by atoms with Crippen LogP contribution in [0.15, 0.2) is 12.1 Å². The Balaban J connectivity index is 2.09. The van der Waals surface area contributed by atoms with E-state index in [9.17, 15) is 4.79 Å². The van der Waals surface area contributed by atoms with E-state index < -0.39 is 0 Å². The van der Waals surface area contributed by atoms with Crippen molar-refractivity contribution in [2.24, 2.45) is 0 Å². The van der Waals surface area contributed by atoms with E-state index >= 15 is 0 Å². The van der Waals surface area contributed by atoms with Gasteiger partial charge in [-0.15, -0.1) is 0 Å². The number of rotatable bonds is 6. The lowest BCUT2D eigenvalue weighted by atomic mass is 10.0. The van der Waals surface area contributed by atoms with Crippen LogP contribution in [-0.4, -0.2) is 39.8 Å². The third kappa shape index (κ3) is 3.82. The molecule has 0 aromatic heterocycles. The van der Waals surface area contributed by atoms with Gasteiger partial charge in [-0.2, -0.15) is 0 Å². The molecule has 122 valence electrons. The first-order valence-corrected chi connectivity index (χ1v) is 7.49. The maximum absolute atomic E-state index is 12.2. The molecule has 1 aromatic rings. The number of carbonyl (C=O) groups is 1. The summed E-state index contributed by atoms with van der Waals surface area (Å²) in [5.41, 5.74) is 0.801. The zero-order valence-electron chi connectivity index (χ0n) is 13.4. The number of hydrogen-bond acceptors (Lipinski definition) is 5. The molecule has 1 aromatic carbocycles. The maximum Gasteiger partial charge on any atom is 0.237 e. The van der Waals surface area contributed by atoms with Crippen molar-refractivity contribution in [2.75, 3.05) is 27.9 Å².